The number of hydrogen-bond donors (Lipinski definition) is 3. The van der Waals surface area contributed by atoms with Crippen LogP contribution in [0.25, 0.3) is 11.4 Å². The second kappa shape index (κ2) is 6.50. The number of anilines is 1. The number of aryl methyl sites for hydroxylation is 1. The van der Waals surface area contributed by atoms with Crippen LogP contribution in [-0.2, 0) is 11.3 Å². The zero-order valence-electron chi connectivity index (χ0n) is 13.0. The van der Waals surface area contributed by atoms with E-state index in [2.05, 4.69) is 20.3 Å². The van der Waals surface area contributed by atoms with E-state index in [1.54, 1.807) is 19.4 Å². The third-order valence-electron chi connectivity index (χ3n) is 3.42. The number of ether oxygens (including phenoxy) is 1. The van der Waals surface area contributed by atoms with E-state index in [9.17, 15) is 4.79 Å². The van der Waals surface area contributed by atoms with E-state index in [1.807, 2.05) is 37.3 Å². The van der Waals surface area contributed by atoms with Crippen LogP contribution in [0.5, 0.6) is 0 Å². The average molecular weight is 310 g/mol. The van der Waals surface area contributed by atoms with Crippen LogP contribution >= 0.6 is 0 Å². The summed E-state index contributed by atoms with van der Waals surface area (Å²) in [6, 6.07) is 11.1. The van der Waals surface area contributed by atoms with Crippen LogP contribution in [0.2, 0.25) is 0 Å². The Morgan fingerprint density at radius 1 is 1.22 bits per heavy atom. The molecule has 0 aliphatic heterocycles. The first kappa shape index (κ1) is 15.1. The molecule has 118 valence electrons. The Balaban J connectivity index is 1.83. The molecule has 0 aliphatic rings. The van der Waals surface area contributed by atoms with Gasteiger partial charge in [0.05, 0.1) is 12.3 Å². The van der Waals surface area contributed by atoms with Crippen molar-refractivity contribution < 1.29 is 9.53 Å². The molecule has 0 spiro atoms. The summed E-state index contributed by atoms with van der Waals surface area (Å²) in [6.07, 6.45) is 1.76. The smallest absolute Gasteiger partial charge is 0.272 e. The SMILES string of the molecule is COCc1ccc(C(=O)Nc2ccccc2-c2ncc(C)[nH]2)[nH]1. The maximum atomic E-state index is 12.4. The Bertz CT molecular complexity index is 819. The largest absolute Gasteiger partial charge is 0.378 e. The number of carbonyl (C=O) groups excluding carboxylic acids is 1. The van der Waals surface area contributed by atoms with Gasteiger partial charge in [-0.15, -0.1) is 0 Å². The molecular weight excluding hydrogens is 292 g/mol. The van der Waals surface area contributed by atoms with Crippen LogP contribution in [0.15, 0.2) is 42.6 Å². The third-order valence-corrected chi connectivity index (χ3v) is 3.42. The van der Waals surface area contributed by atoms with Gasteiger partial charge in [0.15, 0.2) is 0 Å². The van der Waals surface area contributed by atoms with Crippen LogP contribution in [0.4, 0.5) is 5.69 Å². The number of nitrogens with zero attached hydrogens (tertiary/aromatic N) is 1. The fourth-order valence-electron chi connectivity index (χ4n) is 2.35. The van der Waals surface area contributed by atoms with Crippen molar-refractivity contribution in [3.63, 3.8) is 0 Å². The molecule has 1 amide bonds. The highest BCUT2D eigenvalue weighted by Crippen LogP contribution is 2.25. The van der Waals surface area contributed by atoms with Crippen LogP contribution in [-0.4, -0.2) is 28.0 Å². The fraction of sp³-hybridized carbons (Fsp3) is 0.176. The number of aromatic amines is 2. The molecule has 0 fully saturated rings. The van der Waals surface area contributed by atoms with Crippen molar-refractivity contribution in [2.75, 3.05) is 12.4 Å². The molecule has 0 radical (unpaired) electrons. The Morgan fingerprint density at radius 3 is 2.78 bits per heavy atom. The number of nitrogens with one attached hydrogen (secondary N) is 3. The zero-order chi connectivity index (χ0) is 16.2. The Labute approximate surface area is 133 Å². The number of amides is 1. The molecule has 6 nitrogen and oxygen atoms in total. The van der Waals surface area contributed by atoms with E-state index in [4.69, 9.17) is 4.74 Å². The zero-order valence-corrected chi connectivity index (χ0v) is 13.0. The van der Waals surface area contributed by atoms with Gasteiger partial charge in [-0.1, -0.05) is 12.1 Å². The van der Waals surface area contributed by atoms with E-state index in [0.29, 0.717) is 18.0 Å². The normalized spacial score (nSPS) is 10.7. The molecule has 3 aromatic rings. The van der Waals surface area contributed by atoms with Crippen molar-refractivity contribution >= 4 is 11.6 Å². The maximum Gasteiger partial charge on any atom is 0.272 e. The molecule has 6 heteroatoms. The highest BCUT2D eigenvalue weighted by atomic mass is 16.5. The quantitative estimate of drug-likeness (QED) is 0.677. The number of rotatable bonds is 5. The van der Waals surface area contributed by atoms with Crippen LogP contribution in [0.3, 0.4) is 0 Å². The maximum absolute atomic E-state index is 12.4. The Morgan fingerprint density at radius 2 is 2.04 bits per heavy atom. The van der Waals surface area contributed by atoms with Crippen LogP contribution in [0.1, 0.15) is 21.9 Å². The third kappa shape index (κ3) is 3.32. The van der Waals surface area contributed by atoms with E-state index < -0.39 is 0 Å². The predicted molar refractivity (Wildman–Crippen MR) is 88.2 cm³/mol. The molecular formula is C17H18N4O2. The molecule has 23 heavy (non-hydrogen) atoms. The van der Waals surface area contributed by atoms with Crippen molar-refractivity contribution in [2.24, 2.45) is 0 Å². The van der Waals surface area contributed by atoms with E-state index in [1.165, 1.54) is 0 Å². The number of imidazole rings is 1. The van der Waals surface area contributed by atoms with Crippen molar-refractivity contribution in [1.82, 2.24) is 15.0 Å². The predicted octanol–water partition coefficient (Wildman–Crippen LogP) is 3.11. The van der Waals surface area contributed by atoms with Gasteiger partial charge in [0.1, 0.15) is 11.5 Å². The summed E-state index contributed by atoms with van der Waals surface area (Å²) in [5.74, 6) is 0.521. The standard InChI is InChI=1S/C17H18N4O2/c1-11-9-18-16(19-11)13-5-3-4-6-14(13)21-17(22)15-8-7-12(20-15)10-23-2/h3-9,20H,10H2,1-2H3,(H,18,19)(H,21,22). The first-order chi connectivity index (χ1) is 11.2. The van der Waals surface area contributed by atoms with E-state index in [0.717, 1.165) is 22.8 Å². The second-order valence-electron chi connectivity index (χ2n) is 5.24. The molecule has 3 rings (SSSR count). The molecule has 0 unspecified atom stereocenters. The fourth-order valence-corrected chi connectivity index (χ4v) is 2.35. The summed E-state index contributed by atoms with van der Waals surface area (Å²) in [6.45, 7) is 2.38. The minimum atomic E-state index is -0.205. The van der Waals surface area contributed by atoms with Gasteiger partial charge < -0.3 is 20.0 Å². The van der Waals surface area contributed by atoms with Gasteiger partial charge in [-0.2, -0.15) is 0 Å². The van der Waals surface area contributed by atoms with Crippen molar-refractivity contribution in [2.45, 2.75) is 13.5 Å². The Hall–Kier alpha value is -2.86. The van der Waals surface area contributed by atoms with Gasteiger partial charge in [-0.05, 0) is 31.2 Å². The first-order valence-electron chi connectivity index (χ1n) is 7.26. The number of carbonyl (C=O) groups is 1. The van der Waals surface area contributed by atoms with Gasteiger partial charge in [0, 0.05) is 30.3 Å². The topological polar surface area (TPSA) is 82.8 Å². The van der Waals surface area contributed by atoms with Gasteiger partial charge in [0.25, 0.3) is 5.91 Å². The highest BCUT2D eigenvalue weighted by Gasteiger charge is 2.13. The molecule has 2 aromatic heterocycles. The van der Waals surface area contributed by atoms with E-state index >= 15 is 0 Å². The lowest BCUT2D eigenvalue weighted by Gasteiger charge is -2.08. The minimum absolute atomic E-state index is 0.205. The molecule has 0 bridgehead atoms. The van der Waals surface area contributed by atoms with Gasteiger partial charge in [-0.25, -0.2) is 4.98 Å². The number of benzene rings is 1. The highest BCUT2D eigenvalue weighted by molar-refractivity contribution is 6.04. The van der Waals surface area contributed by atoms with Gasteiger partial charge >= 0.3 is 0 Å². The molecule has 0 saturated carbocycles. The number of aromatic nitrogens is 3. The summed E-state index contributed by atoms with van der Waals surface area (Å²) in [7, 11) is 1.61. The Kier molecular flexibility index (Phi) is 4.25. The summed E-state index contributed by atoms with van der Waals surface area (Å²) < 4.78 is 5.04. The molecule has 1 aromatic carbocycles. The monoisotopic (exact) mass is 310 g/mol. The molecule has 0 aliphatic carbocycles. The number of H-pyrrole nitrogens is 2. The van der Waals surface area contributed by atoms with Crippen LogP contribution in [0, 0.1) is 6.92 Å². The molecule has 0 saturated heterocycles. The average Bonchev–Trinajstić information content (AvgIpc) is 3.17. The number of para-hydroxylation sites is 1. The van der Waals surface area contributed by atoms with E-state index in [-0.39, 0.29) is 5.91 Å². The molecule has 2 heterocycles. The number of methoxy groups -OCH3 is 1. The lowest BCUT2D eigenvalue weighted by atomic mass is 10.1. The second-order valence-corrected chi connectivity index (χ2v) is 5.24. The molecule has 0 atom stereocenters. The van der Waals surface area contributed by atoms with Crippen LogP contribution < -0.4 is 5.32 Å². The van der Waals surface area contributed by atoms with Crippen molar-refractivity contribution in [3.8, 4) is 11.4 Å². The van der Waals surface area contributed by atoms with Crippen molar-refractivity contribution in [1.29, 1.82) is 0 Å². The summed E-state index contributed by atoms with van der Waals surface area (Å²) in [4.78, 5) is 22.9. The van der Waals surface area contributed by atoms with Gasteiger partial charge in [0.2, 0.25) is 0 Å². The minimum Gasteiger partial charge on any atom is -0.378 e. The first-order valence-corrected chi connectivity index (χ1v) is 7.26. The lowest BCUT2D eigenvalue weighted by molar-refractivity contribution is 0.102. The number of hydrogen-bond acceptors (Lipinski definition) is 3. The van der Waals surface area contributed by atoms with Gasteiger partial charge in [-0.3, -0.25) is 4.79 Å². The molecule has 3 N–H and O–H groups in total. The summed E-state index contributed by atoms with van der Waals surface area (Å²) >= 11 is 0. The van der Waals surface area contributed by atoms with Crippen molar-refractivity contribution in [3.05, 3.63) is 59.7 Å². The summed E-state index contributed by atoms with van der Waals surface area (Å²) in [5.41, 5.74) is 3.86. The lowest BCUT2D eigenvalue weighted by Crippen LogP contribution is -2.13. The summed E-state index contributed by atoms with van der Waals surface area (Å²) in [5, 5.41) is 2.92.